The van der Waals surface area contributed by atoms with E-state index in [4.69, 9.17) is 5.73 Å². The van der Waals surface area contributed by atoms with Crippen LogP contribution in [0.25, 0.3) is 0 Å². The van der Waals surface area contributed by atoms with Gasteiger partial charge in [-0.15, -0.1) is 0 Å². The molecular weight excluding hydrogens is 106 g/mol. The summed E-state index contributed by atoms with van der Waals surface area (Å²) >= 11 is 1.43. The quantitative estimate of drug-likeness (QED) is 0.592. The SMILES string of the molecule is C=C(N)S/C=C\C. The van der Waals surface area contributed by atoms with Gasteiger partial charge in [-0.1, -0.05) is 24.4 Å². The van der Waals surface area contributed by atoms with Crippen LogP contribution in [0.2, 0.25) is 0 Å². The number of rotatable bonds is 2. The first-order valence-electron chi connectivity index (χ1n) is 1.99. The minimum Gasteiger partial charge on any atom is -0.394 e. The summed E-state index contributed by atoms with van der Waals surface area (Å²) in [6, 6.07) is 0. The summed E-state index contributed by atoms with van der Waals surface area (Å²) in [5.74, 6) is 0. The zero-order valence-corrected chi connectivity index (χ0v) is 5.16. The molecule has 0 heterocycles. The maximum Gasteiger partial charge on any atom is 0.0624 e. The Morgan fingerprint density at radius 1 is 1.86 bits per heavy atom. The molecule has 1 nitrogen and oxygen atoms in total. The normalized spacial score (nSPS) is 9.86. The summed E-state index contributed by atoms with van der Waals surface area (Å²) in [6.45, 7) is 5.42. The van der Waals surface area contributed by atoms with Gasteiger partial charge >= 0.3 is 0 Å². The highest BCUT2D eigenvalue weighted by Gasteiger charge is 1.74. The van der Waals surface area contributed by atoms with Crippen LogP contribution in [0.15, 0.2) is 23.1 Å². The van der Waals surface area contributed by atoms with E-state index in [1.165, 1.54) is 11.8 Å². The van der Waals surface area contributed by atoms with Crippen LogP contribution in [0.5, 0.6) is 0 Å². The maximum atomic E-state index is 5.20. The molecule has 0 spiro atoms. The summed E-state index contributed by atoms with van der Waals surface area (Å²) in [5.41, 5.74) is 5.20. The Labute approximate surface area is 48.3 Å². The summed E-state index contributed by atoms with van der Waals surface area (Å²) in [4.78, 5) is 0. The molecule has 0 rings (SSSR count). The van der Waals surface area contributed by atoms with Gasteiger partial charge in [-0.3, -0.25) is 0 Å². The van der Waals surface area contributed by atoms with Crippen molar-refractivity contribution >= 4 is 11.8 Å². The number of thioether (sulfide) groups is 1. The predicted molar refractivity (Wildman–Crippen MR) is 35.7 cm³/mol. The van der Waals surface area contributed by atoms with Crippen molar-refractivity contribution < 1.29 is 0 Å². The fourth-order valence-electron chi connectivity index (χ4n) is 0.155. The van der Waals surface area contributed by atoms with Gasteiger partial charge < -0.3 is 5.73 Å². The third-order valence-corrected chi connectivity index (χ3v) is 1.07. The summed E-state index contributed by atoms with van der Waals surface area (Å²) in [7, 11) is 0. The fourth-order valence-corrected chi connectivity index (χ4v) is 0.466. The van der Waals surface area contributed by atoms with E-state index in [0.717, 1.165) is 0 Å². The standard InChI is InChI=1S/C5H9NS/c1-3-4-7-5(2)6/h3-4H,2,6H2,1H3/b4-3-. The summed E-state index contributed by atoms with van der Waals surface area (Å²) in [6.07, 6.45) is 1.92. The van der Waals surface area contributed by atoms with Gasteiger partial charge in [0.15, 0.2) is 0 Å². The lowest BCUT2D eigenvalue weighted by atomic mass is 10.8. The number of allylic oxidation sites excluding steroid dienone is 1. The average molecular weight is 115 g/mol. The van der Waals surface area contributed by atoms with Crippen molar-refractivity contribution in [3.63, 3.8) is 0 Å². The second-order valence-electron chi connectivity index (χ2n) is 1.05. The van der Waals surface area contributed by atoms with Crippen molar-refractivity contribution in [2.24, 2.45) is 5.73 Å². The van der Waals surface area contributed by atoms with Crippen molar-refractivity contribution in [2.45, 2.75) is 6.92 Å². The molecule has 0 aromatic carbocycles. The average Bonchev–Trinajstić information content (AvgIpc) is 1.61. The first-order chi connectivity index (χ1) is 3.27. The topological polar surface area (TPSA) is 26.0 Å². The van der Waals surface area contributed by atoms with Crippen LogP contribution in [0.3, 0.4) is 0 Å². The Morgan fingerprint density at radius 2 is 2.43 bits per heavy atom. The molecule has 0 saturated heterocycles. The number of hydrogen-bond donors (Lipinski definition) is 1. The van der Waals surface area contributed by atoms with E-state index >= 15 is 0 Å². The van der Waals surface area contributed by atoms with Crippen molar-refractivity contribution in [2.75, 3.05) is 0 Å². The van der Waals surface area contributed by atoms with Gasteiger partial charge in [-0.05, 0) is 12.3 Å². The van der Waals surface area contributed by atoms with Gasteiger partial charge in [-0.2, -0.15) is 0 Å². The van der Waals surface area contributed by atoms with E-state index in [1.807, 2.05) is 18.4 Å². The first-order valence-corrected chi connectivity index (χ1v) is 2.87. The molecule has 0 aromatic rings. The fraction of sp³-hybridized carbons (Fsp3) is 0.200. The van der Waals surface area contributed by atoms with Crippen LogP contribution < -0.4 is 5.73 Å². The van der Waals surface area contributed by atoms with E-state index in [1.54, 1.807) is 0 Å². The molecular formula is C5H9NS. The smallest absolute Gasteiger partial charge is 0.0624 e. The molecule has 0 saturated carbocycles. The van der Waals surface area contributed by atoms with Crippen LogP contribution in [0, 0.1) is 0 Å². The van der Waals surface area contributed by atoms with Crippen molar-refractivity contribution in [3.8, 4) is 0 Å². The van der Waals surface area contributed by atoms with E-state index in [-0.39, 0.29) is 0 Å². The molecule has 2 heteroatoms. The molecule has 0 aliphatic rings. The van der Waals surface area contributed by atoms with Gasteiger partial charge in [0.2, 0.25) is 0 Å². The van der Waals surface area contributed by atoms with Crippen molar-refractivity contribution in [1.82, 2.24) is 0 Å². The van der Waals surface area contributed by atoms with Crippen molar-refractivity contribution in [1.29, 1.82) is 0 Å². The predicted octanol–water partition coefficient (Wildman–Crippen LogP) is 1.68. The third kappa shape index (κ3) is 5.63. The molecule has 7 heavy (non-hydrogen) atoms. The van der Waals surface area contributed by atoms with Crippen LogP contribution in [0.1, 0.15) is 6.92 Å². The van der Waals surface area contributed by atoms with Gasteiger partial charge in [0.05, 0.1) is 5.03 Å². The Kier molecular flexibility index (Phi) is 3.61. The zero-order chi connectivity index (χ0) is 5.70. The van der Waals surface area contributed by atoms with E-state index < -0.39 is 0 Å². The van der Waals surface area contributed by atoms with Gasteiger partial charge in [0.25, 0.3) is 0 Å². The number of nitrogens with two attached hydrogens (primary N) is 1. The highest BCUT2D eigenvalue weighted by Crippen LogP contribution is 2.06. The van der Waals surface area contributed by atoms with E-state index in [0.29, 0.717) is 5.03 Å². The molecule has 0 atom stereocenters. The zero-order valence-electron chi connectivity index (χ0n) is 4.35. The minimum atomic E-state index is 0.637. The van der Waals surface area contributed by atoms with Crippen LogP contribution in [0.4, 0.5) is 0 Å². The second-order valence-corrected chi connectivity index (χ2v) is 2.09. The third-order valence-electron chi connectivity index (χ3n) is 0.355. The Balaban J connectivity index is 3.14. The lowest BCUT2D eigenvalue weighted by Gasteiger charge is -1.85. The molecule has 40 valence electrons. The molecule has 0 bridgehead atoms. The van der Waals surface area contributed by atoms with Crippen LogP contribution >= 0.6 is 11.8 Å². The van der Waals surface area contributed by atoms with Gasteiger partial charge in [0, 0.05) is 0 Å². The van der Waals surface area contributed by atoms with Crippen LogP contribution in [-0.4, -0.2) is 0 Å². The molecule has 0 fully saturated rings. The Bertz CT molecular complexity index is 86.1. The van der Waals surface area contributed by atoms with Crippen LogP contribution in [-0.2, 0) is 0 Å². The Hall–Kier alpha value is -0.370. The molecule has 2 N–H and O–H groups in total. The molecule has 0 radical (unpaired) electrons. The molecule has 0 unspecified atom stereocenters. The monoisotopic (exact) mass is 115 g/mol. The molecule has 0 aliphatic carbocycles. The van der Waals surface area contributed by atoms with Crippen molar-refractivity contribution in [3.05, 3.63) is 23.1 Å². The lowest BCUT2D eigenvalue weighted by molar-refractivity contribution is 1.59. The number of hydrogen-bond acceptors (Lipinski definition) is 2. The first kappa shape index (κ1) is 6.63. The Morgan fingerprint density at radius 3 is 2.57 bits per heavy atom. The largest absolute Gasteiger partial charge is 0.394 e. The summed E-state index contributed by atoms with van der Waals surface area (Å²) < 4.78 is 0. The van der Waals surface area contributed by atoms with Gasteiger partial charge in [-0.25, -0.2) is 0 Å². The molecule has 0 amide bonds. The molecule has 0 aromatic heterocycles. The second kappa shape index (κ2) is 3.81. The highest BCUT2D eigenvalue weighted by atomic mass is 32.2. The van der Waals surface area contributed by atoms with E-state index in [2.05, 4.69) is 6.58 Å². The highest BCUT2D eigenvalue weighted by molar-refractivity contribution is 8.05. The maximum absolute atomic E-state index is 5.20. The molecule has 0 aliphatic heterocycles. The van der Waals surface area contributed by atoms with E-state index in [9.17, 15) is 0 Å². The summed E-state index contributed by atoms with van der Waals surface area (Å²) in [5, 5.41) is 2.53. The lowest BCUT2D eigenvalue weighted by Crippen LogP contribution is -1.84. The minimum absolute atomic E-state index is 0.637. The van der Waals surface area contributed by atoms with Gasteiger partial charge in [0.1, 0.15) is 0 Å².